The van der Waals surface area contributed by atoms with Crippen molar-refractivity contribution in [2.24, 2.45) is 0 Å². The van der Waals surface area contributed by atoms with Crippen LogP contribution < -0.4 is 4.74 Å². The fraction of sp³-hybridized carbons (Fsp3) is 0.412. The molecule has 0 saturated heterocycles. The molecule has 0 aliphatic carbocycles. The zero-order chi connectivity index (χ0) is 17.2. The molecule has 6 heteroatoms. The molecule has 1 aliphatic rings. The molecular formula is C17H21NO5. The van der Waals surface area contributed by atoms with Crippen molar-refractivity contribution >= 4 is 18.0 Å². The molecule has 1 aliphatic heterocycles. The molecule has 0 aromatic heterocycles. The summed E-state index contributed by atoms with van der Waals surface area (Å²) in [5.74, 6) is -1.34. The van der Waals surface area contributed by atoms with E-state index >= 15 is 0 Å². The Balaban J connectivity index is 2.21. The number of aliphatic carboxylic acids is 2. The number of carboxylic acids is 2. The first kappa shape index (κ1) is 17.0. The molecule has 0 amide bonds. The van der Waals surface area contributed by atoms with Crippen LogP contribution in [0, 0.1) is 0 Å². The van der Waals surface area contributed by atoms with Gasteiger partial charge in [0.15, 0.2) is 0 Å². The second-order valence-corrected chi connectivity index (χ2v) is 6.22. The Morgan fingerprint density at radius 3 is 2.61 bits per heavy atom. The minimum absolute atomic E-state index is 0.240. The van der Waals surface area contributed by atoms with Gasteiger partial charge in [0.25, 0.3) is 0 Å². The summed E-state index contributed by atoms with van der Waals surface area (Å²) in [7, 11) is 0. The lowest BCUT2D eigenvalue weighted by molar-refractivity contribution is -0.145. The van der Waals surface area contributed by atoms with Crippen molar-refractivity contribution < 1.29 is 24.5 Å². The zero-order valence-corrected chi connectivity index (χ0v) is 13.4. The molecule has 124 valence electrons. The molecule has 1 aromatic rings. The van der Waals surface area contributed by atoms with Gasteiger partial charge in [-0.15, -0.1) is 0 Å². The van der Waals surface area contributed by atoms with E-state index in [1.807, 2.05) is 44.2 Å². The number of hydrogen-bond donors (Lipinski definition) is 2. The number of carbonyl (C=O) groups is 2. The molecule has 0 radical (unpaired) electrons. The van der Waals surface area contributed by atoms with Crippen LogP contribution in [0.15, 0.2) is 24.3 Å². The third-order valence-electron chi connectivity index (χ3n) is 3.74. The molecule has 0 spiro atoms. The molecule has 0 saturated carbocycles. The van der Waals surface area contributed by atoms with Gasteiger partial charge in [0.2, 0.25) is 0 Å². The fourth-order valence-corrected chi connectivity index (χ4v) is 2.42. The van der Waals surface area contributed by atoms with Gasteiger partial charge in [-0.3, -0.25) is 14.5 Å². The lowest BCUT2D eigenvalue weighted by Crippen LogP contribution is -2.41. The second-order valence-electron chi connectivity index (χ2n) is 6.22. The normalized spacial score (nSPS) is 16.5. The van der Waals surface area contributed by atoms with E-state index < -0.39 is 18.0 Å². The minimum atomic E-state index is -1.05. The number of hydrogen-bond acceptors (Lipinski definition) is 4. The Morgan fingerprint density at radius 1 is 1.30 bits per heavy atom. The van der Waals surface area contributed by atoms with Crippen LogP contribution in [-0.2, 0) is 16.1 Å². The van der Waals surface area contributed by atoms with Crippen LogP contribution in [0.5, 0.6) is 5.75 Å². The third-order valence-corrected chi connectivity index (χ3v) is 3.74. The summed E-state index contributed by atoms with van der Waals surface area (Å²) in [6, 6.07) is 4.68. The molecule has 2 rings (SSSR count). The average Bonchev–Trinajstić information content (AvgIpc) is 2.44. The highest BCUT2D eigenvalue weighted by atomic mass is 16.5. The molecule has 0 unspecified atom stereocenters. The number of rotatable bonds is 6. The van der Waals surface area contributed by atoms with Crippen LogP contribution in [0.3, 0.4) is 0 Å². The van der Waals surface area contributed by atoms with Crippen LogP contribution in [0.1, 0.15) is 31.9 Å². The number of ether oxygens (including phenoxy) is 1. The first-order valence-electron chi connectivity index (χ1n) is 7.38. The largest absolute Gasteiger partial charge is 0.483 e. The predicted molar refractivity (Wildman–Crippen MR) is 85.3 cm³/mol. The number of fused-ring (bicyclic) bond motifs is 1. The summed E-state index contributed by atoms with van der Waals surface area (Å²) < 4.78 is 5.84. The standard InChI is InChI=1S/C17H21NO5/c1-11(16(21)22)18(10-15(19)20)9-12-4-5-14-13(8-12)6-7-17(2,3)23-14/h4-8,11H,9-10H2,1-3H3,(H,19,20)(H,21,22)/t11-/m0/s1. The highest BCUT2D eigenvalue weighted by molar-refractivity contribution is 5.75. The monoisotopic (exact) mass is 319 g/mol. The fourth-order valence-electron chi connectivity index (χ4n) is 2.42. The van der Waals surface area contributed by atoms with Crippen molar-refractivity contribution in [3.8, 4) is 5.75 Å². The average molecular weight is 319 g/mol. The minimum Gasteiger partial charge on any atom is -0.483 e. The van der Waals surface area contributed by atoms with Gasteiger partial charge in [0, 0.05) is 12.1 Å². The summed E-state index contributed by atoms with van der Waals surface area (Å²) in [6.07, 6.45) is 3.92. The van der Waals surface area contributed by atoms with Crippen LogP contribution in [0.4, 0.5) is 0 Å². The van der Waals surface area contributed by atoms with Crippen LogP contribution in [-0.4, -0.2) is 45.2 Å². The van der Waals surface area contributed by atoms with E-state index in [4.69, 9.17) is 14.9 Å². The number of nitrogens with zero attached hydrogens (tertiary/aromatic N) is 1. The summed E-state index contributed by atoms with van der Waals surface area (Å²) >= 11 is 0. The molecule has 2 N–H and O–H groups in total. The van der Waals surface area contributed by atoms with Crippen molar-refractivity contribution in [3.05, 3.63) is 35.4 Å². The molecule has 1 heterocycles. The van der Waals surface area contributed by atoms with Gasteiger partial charge in [-0.05, 0) is 44.5 Å². The van der Waals surface area contributed by atoms with Crippen molar-refractivity contribution in [1.29, 1.82) is 0 Å². The molecule has 1 atom stereocenters. The molecular weight excluding hydrogens is 298 g/mol. The Kier molecular flexibility index (Phi) is 4.75. The Bertz CT molecular complexity index is 650. The van der Waals surface area contributed by atoms with E-state index in [2.05, 4.69) is 0 Å². The van der Waals surface area contributed by atoms with Gasteiger partial charge in [-0.1, -0.05) is 12.1 Å². The van der Waals surface area contributed by atoms with Crippen LogP contribution in [0.25, 0.3) is 6.08 Å². The Labute approximate surface area is 135 Å². The van der Waals surface area contributed by atoms with E-state index in [-0.39, 0.29) is 18.7 Å². The molecule has 1 aromatic carbocycles. The predicted octanol–water partition coefficient (Wildman–Crippen LogP) is 2.23. The second kappa shape index (κ2) is 6.42. The smallest absolute Gasteiger partial charge is 0.320 e. The summed E-state index contributed by atoms with van der Waals surface area (Å²) in [5, 5.41) is 18.1. The maximum atomic E-state index is 11.2. The van der Waals surface area contributed by atoms with Crippen molar-refractivity contribution in [1.82, 2.24) is 4.90 Å². The third kappa shape index (κ3) is 4.32. The maximum Gasteiger partial charge on any atom is 0.320 e. The van der Waals surface area contributed by atoms with Gasteiger partial charge in [0.1, 0.15) is 17.4 Å². The lowest BCUT2D eigenvalue weighted by atomic mass is 10.0. The zero-order valence-electron chi connectivity index (χ0n) is 13.4. The van der Waals surface area contributed by atoms with Gasteiger partial charge < -0.3 is 14.9 Å². The molecule has 6 nitrogen and oxygen atoms in total. The number of carboxylic acid groups (broad SMARTS) is 2. The number of benzene rings is 1. The van der Waals surface area contributed by atoms with Crippen LogP contribution in [0.2, 0.25) is 0 Å². The topological polar surface area (TPSA) is 87.1 Å². The van der Waals surface area contributed by atoms with E-state index in [9.17, 15) is 9.59 Å². The highest BCUT2D eigenvalue weighted by Gasteiger charge is 2.24. The van der Waals surface area contributed by atoms with E-state index in [0.29, 0.717) is 0 Å². The van der Waals surface area contributed by atoms with E-state index in [0.717, 1.165) is 16.9 Å². The van der Waals surface area contributed by atoms with Gasteiger partial charge >= 0.3 is 11.9 Å². The lowest BCUT2D eigenvalue weighted by Gasteiger charge is -2.29. The Morgan fingerprint density at radius 2 is 2.00 bits per heavy atom. The van der Waals surface area contributed by atoms with Crippen LogP contribution >= 0.6 is 0 Å². The first-order chi connectivity index (χ1) is 10.7. The quantitative estimate of drug-likeness (QED) is 0.836. The SMILES string of the molecule is C[C@@H](C(=O)O)N(CC(=O)O)Cc1ccc2c(c1)C=CC(C)(C)O2. The first-order valence-corrected chi connectivity index (χ1v) is 7.38. The summed E-state index contributed by atoms with van der Waals surface area (Å²) in [5.41, 5.74) is 1.38. The summed E-state index contributed by atoms with van der Waals surface area (Å²) in [6.45, 7) is 5.32. The summed E-state index contributed by atoms with van der Waals surface area (Å²) in [4.78, 5) is 23.5. The van der Waals surface area contributed by atoms with Gasteiger partial charge in [0.05, 0.1) is 6.54 Å². The highest BCUT2D eigenvalue weighted by Crippen LogP contribution is 2.31. The van der Waals surface area contributed by atoms with Crippen molar-refractivity contribution in [2.75, 3.05) is 6.54 Å². The van der Waals surface area contributed by atoms with Crippen molar-refractivity contribution in [3.63, 3.8) is 0 Å². The molecule has 0 fully saturated rings. The van der Waals surface area contributed by atoms with E-state index in [1.165, 1.54) is 11.8 Å². The van der Waals surface area contributed by atoms with Gasteiger partial charge in [-0.25, -0.2) is 0 Å². The molecule has 23 heavy (non-hydrogen) atoms. The van der Waals surface area contributed by atoms with Gasteiger partial charge in [-0.2, -0.15) is 0 Å². The van der Waals surface area contributed by atoms with Crippen molar-refractivity contribution in [2.45, 2.75) is 39.0 Å². The van der Waals surface area contributed by atoms with E-state index in [1.54, 1.807) is 0 Å². The molecule has 0 bridgehead atoms. The maximum absolute atomic E-state index is 11.2. The Hall–Kier alpha value is -2.34.